The fourth-order valence-corrected chi connectivity index (χ4v) is 1.52. The molecule has 0 aliphatic rings. The van der Waals surface area contributed by atoms with Crippen LogP contribution in [-0.2, 0) is 14.3 Å². The molecule has 0 atom stereocenters. The number of esters is 1. The van der Waals surface area contributed by atoms with Crippen LogP contribution < -0.4 is 5.32 Å². The Labute approximate surface area is 123 Å². The number of hydrogen-bond acceptors (Lipinski definition) is 3. The fraction of sp³-hybridized carbons (Fsp3) is 0.333. The maximum atomic E-state index is 11.4. The Morgan fingerprint density at radius 3 is 2.70 bits per heavy atom. The molecular formula is C15H18ClNO3. The summed E-state index contributed by atoms with van der Waals surface area (Å²) in [6.07, 6.45) is 2.80. The van der Waals surface area contributed by atoms with Crippen molar-refractivity contribution >= 4 is 29.6 Å². The van der Waals surface area contributed by atoms with E-state index >= 15 is 0 Å². The SMILES string of the molecule is CC(C)CNC(=O)COC(=O)/C=C/c1ccccc1Cl. The molecule has 0 aliphatic heterocycles. The number of hydrogen-bond donors (Lipinski definition) is 1. The van der Waals surface area contributed by atoms with Crippen molar-refractivity contribution in [1.82, 2.24) is 5.32 Å². The number of nitrogens with one attached hydrogen (secondary N) is 1. The Bertz CT molecular complexity index is 498. The van der Waals surface area contributed by atoms with Gasteiger partial charge in [-0.1, -0.05) is 43.6 Å². The van der Waals surface area contributed by atoms with Crippen LogP contribution in [0.2, 0.25) is 5.02 Å². The average molecular weight is 296 g/mol. The van der Waals surface area contributed by atoms with Crippen molar-refractivity contribution in [2.75, 3.05) is 13.2 Å². The number of ether oxygens (including phenoxy) is 1. The number of rotatable bonds is 6. The minimum atomic E-state index is -0.579. The number of benzene rings is 1. The van der Waals surface area contributed by atoms with Crippen LogP contribution in [0.4, 0.5) is 0 Å². The summed E-state index contributed by atoms with van der Waals surface area (Å²) in [6.45, 7) is 4.25. The van der Waals surface area contributed by atoms with Gasteiger partial charge in [-0.3, -0.25) is 4.79 Å². The van der Waals surface area contributed by atoms with E-state index in [1.165, 1.54) is 6.08 Å². The number of amides is 1. The molecule has 0 aromatic heterocycles. The third-order valence-electron chi connectivity index (χ3n) is 2.36. The van der Waals surface area contributed by atoms with Gasteiger partial charge in [-0.25, -0.2) is 4.79 Å². The molecule has 1 N–H and O–H groups in total. The summed E-state index contributed by atoms with van der Waals surface area (Å²) in [4.78, 5) is 22.8. The average Bonchev–Trinajstić information content (AvgIpc) is 2.42. The van der Waals surface area contributed by atoms with Crippen molar-refractivity contribution in [3.63, 3.8) is 0 Å². The van der Waals surface area contributed by atoms with Gasteiger partial charge >= 0.3 is 5.97 Å². The molecule has 0 heterocycles. The Morgan fingerprint density at radius 1 is 1.35 bits per heavy atom. The van der Waals surface area contributed by atoms with Gasteiger partial charge in [-0.05, 0) is 23.6 Å². The lowest BCUT2D eigenvalue weighted by atomic mass is 10.2. The summed E-state index contributed by atoms with van der Waals surface area (Å²) in [5.41, 5.74) is 0.718. The molecule has 0 fully saturated rings. The van der Waals surface area contributed by atoms with Gasteiger partial charge in [0.2, 0.25) is 0 Å². The molecule has 0 spiro atoms. The van der Waals surface area contributed by atoms with Gasteiger partial charge in [0, 0.05) is 17.6 Å². The highest BCUT2D eigenvalue weighted by molar-refractivity contribution is 6.32. The molecule has 1 aromatic rings. The zero-order valence-corrected chi connectivity index (χ0v) is 12.3. The van der Waals surface area contributed by atoms with Crippen molar-refractivity contribution in [2.24, 2.45) is 5.92 Å². The van der Waals surface area contributed by atoms with E-state index in [0.717, 1.165) is 5.56 Å². The van der Waals surface area contributed by atoms with E-state index in [2.05, 4.69) is 5.32 Å². The van der Waals surface area contributed by atoms with Crippen LogP contribution in [0.15, 0.2) is 30.3 Å². The Kier molecular flexibility index (Phi) is 6.81. The summed E-state index contributed by atoms with van der Waals surface area (Å²) in [7, 11) is 0. The van der Waals surface area contributed by atoms with Crippen molar-refractivity contribution in [3.8, 4) is 0 Å². The van der Waals surface area contributed by atoms with Gasteiger partial charge in [0.25, 0.3) is 5.91 Å². The number of carbonyl (C=O) groups excluding carboxylic acids is 2. The monoisotopic (exact) mass is 295 g/mol. The third kappa shape index (κ3) is 6.38. The van der Waals surface area contributed by atoms with E-state index in [9.17, 15) is 9.59 Å². The normalized spacial score (nSPS) is 10.8. The molecule has 0 radical (unpaired) electrons. The van der Waals surface area contributed by atoms with Gasteiger partial charge in [-0.15, -0.1) is 0 Å². The molecule has 5 heteroatoms. The Balaban J connectivity index is 2.37. The van der Waals surface area contributed by atoms with E-state index < -0.39 is 5.97 Å². The van der Waals surface area contributed by atoms with Crippen molar-refractivity contribution in [1.29, 1.82) is 0 Å². The zero-order chi connectivity index (χ0) is 15.0. The molecule has 108 valence electrons. The topological polar surface area (TPSA) is 55.4 Å². The Morgan fingerprint density at radius 2 is 2.05 bits per heavy atom. The van der Waals surface area contributed by atoms with E-state index in [1.807, 2.05) is 19.9 Å². The van der Waals surface area contributed by atoms with Crippen molar-refractivity contribution in [3.05, 3.63) is 40.9 Å². The van der Waals surface area contributed by atoms with E-state index in [0.29, 0.717) is 17.5 Å². The van der Waals surface area contributed by atoms with E-state index in [-0.39, 0.29) is 12.5 Å². The largest absolute Gasteiger partial charge is 0.452 e. The molecule has 0 unspecified atom stereocenters. The highest BCUT2D eigenvalue weighted by Crippen LogP contribution is 2.16. The fourth-order valence-electron chi connectivity index (χ4n) is 1.32. The molecular weight excluding hydrogens is 278 g/mol. The summed E-state index contributed by atoms with van der Waals surface area (Å²) in [5.74, 6) is -0.530. The lowest BCUT2D eigenvalue weighted by Gasteiger charge is -2.07. The molecule has 1 aromatic carbocycles. The van der Waals surface area contributed by atoms with Crippen LogP contribution in [0.3, 0.4) is 0 Å². The summed E-state index contributed by atoms with van der Waals surface area (Å²) >= 11 is 5.94. The molecule has 1 rings (SSSR count). The lowest BCUT2D eigenvalue weighted by molar-refractivity contribution is -0.143. The zero-order valence-electron chi connectivity index (χ0n) is 11.6. The molecule has 0 saturated heterocycles. The molecule has 1 amide bonds. The van der Waals surface area contributed by atoms with Crippen molar-refractivity contribution in [2.45, 2.75) is 13.8 Å². The summed E-state index contributed by atoms with van der Waals surface area (Å²) in [6, 6.07) is 7.13. The van der Waals surface area contributed by atoms with Gasteiger partial charge in [0.15, 0.2) is 6.61 Å². The molecule has 0 saturated carbocycles. The Hall–Kier alpha value is -1.81. The van der Waals surface area contributed by atoms with Crippen LogP contribution in [0.25, 0.3) is 6.08 Å². The highest BCUT2D eigenvalue weighted by atomic mass is 35.5. The second-order valence-electron chi connectivity index (χ2n) is 4.66. The molecule has 0 bridgehead atoms. The maximum absolute atomic E-state index is 11.4. The van der Waals surface area contributed by atoms with E-state index in [1.54, 1.807) is 24.3 Å². The predicted molar refractivity (Wildman–Crippen MR) is 79.3 cm³/mol. The smallest absolute Gasteiger partial charge is 0.331 e. The first-order valence-corrected chi connectivity index (χ1v) is 6.73. The molecule has 4 nitrogen and oxygen atoms in total. The van der Waals surface area contributed by atoms with Gasteiger partial charge in [-0.2, -0.15) is 0 Å². The second kappa shape index (κ2) is 8.38. The molecule has 20 heavy (non-hydrogen) atoms. The summed E-state index contributed by atoms with van der Waals surface area (Å²) < 4.78 is 4.82. The predicted octanol–water partition coefficient (Wildman–Crippen LogP) is 2.67. The molecule has 0 aliphatic carbocycles. The van der Waals surface area contributed by atoms with Crippen LogP contribution in [-0.4, -0.2) is 25.0 Å². The van der Waals surface area contributed by atoms with Crippen LogP contribution in [0.5, 0.6) is 0 Å². The first kappa shape index (κ1) is 16.2. The van der Waals surface area contributed by atoms with Crippen LogP contribution in [0, 0.1) is 5.92 Å². The first-order chi connectivity index (χ1) is 9.49. The van der Waals surface area contributed by atoms with Gasteiger partial charge in [0.1, 0.15) is 0 Å². The third-order valence-corrected chi connectivity index (χ3v) is 2.70. The van der Waals surface area contributed by atoms with Crippen molar-refractivity contribution < 1.29 is 14.3 Å². The lowest BCUT2D eigenvalue weighted by Crippen LogP contribution is -2.31. The summed E-state index contributed by atoms with van der Waals surface area (Å²) in [5, 5.41) is 3.21. The number of halogens is 1. The van der Waals surface area contributed by atoms with Gasteiger partial charge < -0.3 is 10.1 Å². The quantitative estimate of drug-likeness (QED) is 0.648. The van der Waals surface area contributed by atoms with E-state index in [4.69, 9.17) is 16.3 Å². The minimum absolute atomic E-state index is 0.279. The first-order valence-electron chi connectivity index (χ1n) is 6.35. The van der Waals surface area contributed by atoms with Crippen LogP contribution >= 0.6 is 11.6 Å². The minimum Gasteiger partial charge on any atom is -0.452 e. The maximum Gasteiger partial charge on any atom is 0.331 e. The second-order valence-corrected chi connectivity index (χ2v) is 5.07. The van der Waals surface area contributed by atoms with Gasteiger partial charge in [0.05, 0.1) is 0 Å². The highest BCUT2D eigenvalue weighted by Gasteiger charge is 2.05. The van der Waals surface area contributed by atoms with Crippen LogP contribution in [0.1, 0.15) is 19.4 Å². The number of carbonyl (C=O) groups is 2. The standard InChI is InChI=1S/C15H18ClNO3/c1-11(2)9-17-14(18)10-20-15(19)8-7-12-5-3-4-6-13(12)16/h3-8,11H,9-10H2,1-2H3,(H,17,18)/b8-7+.